The largest absolute Gasteiger partial charge is 0.458 e. The zero-order valence-electron chi connectivity index (χ0n) is 16.4. The fourth-order valence-electron chi connectivity index (χ4n) is 3.07. The first-order chi connectivity index (χ1) is 14.3. The SMILES string of the molecule is CCCCN(CC(O)c1cc2ccccc2o1)C(=O)Nc1cccc(C(F)(F)F)c1. The Kier molecular flexibility index (Phi) is 6.66. The molecule has 8 heteroatoms. The highest BCUT2D eigenvalue weighted by molar-refractivity contribution is 5.89. The van der Waals surface area contributed by atoms with Gasteiger partial charge in [-0.25, -0.2) is 4.79 Å². The first-order valence-electron chi connectivity index (χ1n) is 9.67. The van der Waals surface area contributed by atoms with Gasteiger partial charge in [0.2, 0.25) is 0 Å². The molecule has 0 radical (unpaired) electrons. The van der Waals surface area contributed by atoms with Crippen LogP contribution in [0, 0.1) is 0 Å². The Morgan fingerprint density at radius 1 is 1.17 bits per heavy atom. The molecule has 3 aromatic rings. The van der Waals surface area contributed by atoms with Crippen LogP contribution in [0.3, 0.4) is 0 Å². The Hall–Kier alpha value is -3.00. The van der Waals surface area contributed by atoms with Gasteiger partial charge in [-0.1, -0.05) is 37.6 Å². The van der Waals surface area contributed by atoms with Crippen LogP contribution in [0.1, 0.15) is 37.2 Å². The summed E-state index contributed by atoms with van der Waals surface area (Å²) in [6.07, 6.45) is -4.07. The van der Waals surface area contributed by atoms with E-state index in [9.17, 15) is 23.1 Å². The Balaban J connectivity index is 1.73. The van der Waals surface area contributed by atoms with Gasteiger partial charge in [-0.05, 0) is 36.8 Å². The molecule has 0 bridgehead atoms. The van der Waals surface area contributed by atoms with Crippen molar-refractivity contribution < 1.29 is 27.5 Å². The lowest BCUT2D eigenvalue weighted by Crippen LogP contribution is -2.38. The molecule has 0 saturated carbocycles. The molecule has 0 saturated heterocycles. The van der Waals surface area contributed by atoms with E-state index >= 15 is 0 Å². The number of carbonyl (C=O) groups excluding carboxylic acids is 1. The smallest absolute Gasteiger partial charge is 0.416 e. The number of carbonyl (C=O) groups is 1. The summed E-state index contributed by atoms with van der Waals surface area (Å²) < 4.78 is 44.4. The van der Waals surface area contributed by atoms with Crippen LogP contribution in [0.25, 0.3) is 11.0 Å². The molecule has 30 heavy (non-hydrogen) atoms. The van der Waals surface area contributed by atoms with Gasteiger partial charge in [0.1, 0.15) is 17.4 Å². The second-order valence-corrected chi connectivity index (χ2v) is 7.01. The molecule has 0 aliphatic carbocycles. The third-order valence-electron chi connectivity index (χ3n) is 4.68. The van der Waals surface area contributed by atoms with Crippen LogP contribution in [0.5, 0.6) is 0 Å². The van der Waals surface area contributed by atoms with Crippen molar-refractivity contribution in [2.45, 2.75) is 32.0 Å². The number of nitrogens with zero attached hydrogens (tertiary/aromatic N) is 1. The lowest BCUT2D eigenvalue weighted by molar-refractivity contribution is -0.137. The third-order valence-corrected chi connectivity index (χ3v) is 4.68. The summed E-state index contributed by atoms with van der Waals surface area (Å²) in [6, 6.07) is 12.9. The van der Waals surface area contributed by atoms with Crippen molar-refractivity contribution in [1.82, 2.24) is 4.90 Å². The molecule has 5 nitrogen and oxygen atoms in total. The standard InChI is InChI=1S/C22H23F3N2O3/c1-2-3-11-27(14-18(28)20-12-15-7-4-5-10-19(15)30-20)21(29)26-17-9-6-8-16(13-17)22(23,24)25/h4-10,12-13,18,28H,2-3,11,14H2,1H3,(H,26,29). The molecule has 1 aromatic heterocycles. The van der Waals surface area contributed by atoms with Crippen molar-refractivity contribution in [3.05, 3.63) is 65.9 Å². The number of nitrogens with one attached hydrogen (secondary N) is 1. The maximum atomic E-state index is 12.9. The van der Waals surface area contributed by atoms with E-state index in [4.69, 9.17) is 4.42 Å². The number of furan rings is 1. The molecule has 2 amide bonds. The van der Waals surface area contributed by atoms with Crippen LogP contribution in [0.4, 0.5) is 23.7 Å². The second kappa shape index (κ2) is 9.21. The van der Waals surface area contributed by atoms with Gasteiger partial charge in [-0.15, -0.1) is 0 Å². The summed E-state index contributed by atoms with van der Waals surface area (Å²) in [6.45, 7) is 2.25. The van der Waals surface area contributed by atoms with Crippen LogP contribution >= 0.6 is 0 Å². The number of benzene rings is 2. The summed E-state index contributed by atoms with van der Waals surface area (Å²) in [5.74, 6) is 0.324. The van der Waals surface area contributed by atoms with Gasteiger partial charge in [-0.3, -0.25) is 0 Å². The topological polar surface area (TPSA) is 65.7 Å². The minimum atomic E-state index is -4.50. The van der Waals surface area contributed by atoms with Crippen LogP contribution in [0.2, 0.25) is 0 Å². The predicted octanol–water partition coefficient (Wildman–Crippen LogP) is 5.82. The number of para-hydroxylation sites is 1. The number of halogens is 3. The average Bonchev–Trinajstić information content (AvgIpc) is 3.15. The number of aliphatic hydroxyl groups is 1. The second-order valence-electron chi connectivity index (χ2n) is 7.01. The quantitative estimate of drug-likeness (QED) is 0.506. The third kappa shape index (κ3) is 5.33. The van der Waals surface area contributed by atoms with Crippen LogP contribution in [0.15, 0.2) is 59.0 Å². The Labute approximate surface area is 172 Å². The van der Waals surface area contributed by atoms with Crippen LogP contribution < -0.4 is 5.32 Å². The normalized spacial score (nSPS) is 12.7. The Morgan fingerprint density at radius 3 is 2.63 bits per heavy atom. The molecule has 0 aliphatic rings. The van der Waals surface area contributed by atoms with E-state index in [1.807, 2.05) is 25.1 Å². The van der Waals surface area contributed by atoms with Gasteiger partial charge in [0, 0.05) is 17.6 Å². The highest BCUT2D eigenvalue weighted by atomic mass is 19.4. The molecule has 160 valence electrons. The van der Waals surface area contributed by atoms with Gasteiger partial charge in [-0.2, -0.15) is 13.2 Å². The first-order valence-corrected chi connectivity index (χ1v) is 9.67. The van der Waals surface area contributed by atoms with E-state index in [2.05, 4.69) is 5.32 Å². The van der Waals surface area contributed by atoms with Crippen molar-refractivity contribution in [2.75, 3.05) is 18.4 Å². The molecule has 0 aliphatic heterocycles. The van der Waals surface area contributed by atoms with E-state index in [1.165, 1.54) is 17.0 Å². The zero-order valence-corrected chi connectivity index (χ0v) is 16.4. The summed E-state index contributed by atoms with van der Waals surface area (Å²) in [4.78, 5) is 14.1. The number of amides is 2. The summed E-state index contributed by atoms with van der Waals surface area (Å²) >= 11 is 0. The van der Waals surface area contributed by atoms with Crippen molar-refractivity contribution in [3.8, 4) is 0 Å². The van der Waals surface area contributed by atoms with Gasteiger partial charge < -0.3 is 19.7 Å². The predicted molar refractivity (Wildman–Crippen MR) is 108 cm³/mol. The molecule has 1 heterocycles. The van der Waals surface area contributed by atoms with Gasteiger partial charge in [0.15, 0.2) is 0 Å². The van der Waals surface area contributed by atoms with Crippen molar-refractivity contribution in [1.29, 1.82) is 0 Å². The highest BCUT2D eigenvalue weighted by Gasteiger charge is 2.30. The van der Waals surface area contributed by atoms with E-state index in [0.29, 0.717) is 24.3 Å². The number of anilines is 1. The minimum absolute atomic E-state index is 0.0366. The van der Waals surface area contributed by atoms with Gasteiger partial charge in [0.25, 0.3) is 0 Å². The van der Waals surface area contributed by atoms with Crippen molar-refractivity contribution in [3.63, 3.8) is 0 Å². The monoisotopic (exact) mass is 420 g/mol. The van der Waals surface area contributed by atoms with Crippen LogP contribution in [-0.4, -0.2) is 29.1 Å². The Bertz CT molecular complexity index is 967. The first kappa shape index (κ1) is 21.7. The number of fused-ring (bicyclic) bond motifs is 1. The number of urea groups is 1. The maximum absolute atomic E-state index is 12.9. The number of rotatable bonds is 7. The lowest BCUT2D eigenvalue weighted by Gasteiger charge is -2.25. The van der Waals surface area contributed by atoms with E-state index in [1.54, 1.807) is 12.1 Å². The maximum Gasteiger partial charge on any atom is 0.416 e. The van der Waals surface area contributed by atoms with E-state index in [-0.39, 0.29) is 12.2 Å². The summed E-state index contributed by atoms with van der Waals surface area (Å²) in [7, 11) is 0. The fraction of sp³-hybridized carbons (Fsp3) is 0.318. The van der Waals surface area contributed by atoms with E-state index in [0.717, 1.165) is 23.9 Å². The average molecular weight is 420 g/mol. The minimum Gasteiger partial charge on any atom is -0.458 e. The molecule has 0 spiro atoms. The van der Waals surface area contributed by atoms with Crippen molar-refractivity contribution >= 4 is 22.7 Å². The fourth-order valence-corrected chi connectivity index (χ4v) is 3.07. The van der Waals surface area contributed by atoms with Crippen molar-refractivity contribution in [2.24, 2.45) is 0 Å². The molecule has 1 unspecified atom stereocenters. The molecule has 0 fully saturated rings. The van der Waals surface area contributed by atoms with Crippen LogP contribution in [-0.2, 0) is 6.18 Å². The number of aliphatic hydroxyl groups excluding tert-OH is 1. The number of alkyl halides is 3. The molecular weight excluding hydrogens is 397 g/mol. The van der Waals surface area contributed by atoms with Gasteiger partial charge >= 0.3 is 12.2 Å². The summed E-state index contributed by atoms with van der Waals surface area (Å²) in [5, 5.41) is 13.9. The number of hydrogen-bond acceptors (Lipinski definition) is 3. The van der Waals surface area contributed by atoms with Gasteiger partial charge in [0.05, 0.1) is 12.1 Å². The number of hydrogen-bond donors (Lipinski definition) is 2. The molecule has 2 aromatic carbocycles. The lowest BCUT2D eigenvalue weighted by atomic mass is 10.2. The summed E-state index contributed by atoms with van der Waals surface area (Å²) in [5.41, 5.74) is -0.183. The Morgan fingerprint density at radius 2 is 1.93 bits per heavy atom. The molecule has 2 N–H and O–H groups in total. The molecule has 3 rings (SSSR count). The highest BCUT2D eigenvalue weighted by Crippen LogP contribution is 2.31. The molecular formula is C22H23F3N2O3. The number of unbranched alkanes of at least 4 members (excludes halogenated alkanes) is 1. The zero-order chi connectivity index (χ0) is 21.7. The molecule has 1 atom stereocenters. The van der Waals surface area contributed by atoms with E-state index < -0.39 is 23.9 Å².